The summed E-state index contributed by atoms with van der Waals surface area (Å²) in [5, 5.41) is 1.01. The Balaban J connectivity index is 1.30. The first-order valence-corrected chi connectivity index (χ1v) is 12.2. The van der Waals surface area contributed by atoms with Gasteiger partial charge in [-0.3, -0.25) is 4.40 Å². The molecule has 8 heteroatoms. The number of ether oxygens (including phenoxy) is 1. The topological polar surface area (TPSA) is 68.7 Å². The minimum atomic E-state index is -0.0175. The summed E-state index contributed by atoms with van der Waals surface area (Å²) in [6, 6.07) is 11.8. The van der Waals surface area contributed by atoms with E-state index in [-0.39, 0.29) is 11.5 Å². The Hall–Kier alpha value is -2.80. The molecular formula is C26H25Cl2N5O. The van der Waals surface area contributed by atoms with Gasteiger partial charge in [0.2, 0.25) is 0 Å². The summed E-state index contributed by atoms with van der Waals surface area (Å²) in [7, 11) is 1.72. The first-order valence-electron chi connectivity index (χ1n) is 11.5. The molecule has 2 aromatic heterocycles. The molecular weight excluding hydrogens is 469 g/mol. The molecule has 0 amide bonds. The van der Waals surface area contributed by atoms with Crippen LogP contribution in [-0.2, 0) is 6.42 Å². The summed E-state index contributed by atoms with van der Waals surface area (Å²) < 4.78 is 7.66. The predicted octanol–water partition coefficient (Wildman–Crippen LogP) is 5.55. The van der Waals surface area contributed by atoms with Crippen LogP contribution in [0.15, 0.2) is 55.0 Å². The molecule has 2 aromatic carbocycles. The minimum Gasteiger partial charge on any atom is -0.496 e. The fraction of sp³-hybridized carbons (Fsp3) is 0.308. The Morgan fingerprint density at radius 1 is 1.09 bits per heavy atom. The number of nitrogens with zero attached hydrogens (tertiary/aromatic N) is 4. The van der Waals surface area contributed by atoms with Gasteiger partial charge in [-0.05, 0) is 48.4 Å². The highest BCUT2D eigenvalue weighted by atomic mass is 35.5. The first kappa shape index (κ1) is 21.7. The van der Waals surface area contributed by atoms with Gasteiger partial charge in [-0.2, -0.15) is 0 Å². The zero-order valence-electron chi connectivity index (χ0n) is 18.8. The molecule has 0 bridgehead atoms. The summed E-state index contributed by atoms with van der Waals surface area (Å²) in [6.07, 6.45) is 8.58. The van der Waals surface area contributed by atoms with Crippen LogP contribution in [0.3, 0.4) is 0 Å². The number of aromatic nitrogens is 3. The number of fused-ring (bicyclic) bond motifs is 2. The van der Waals surface area contributed by atoms with E-state index in [4.69, 9.17) is 38.7 Å². The average molecular weight is 494 g/mol. The molecule has 6 nitrogen and oxygen atoms in total. The average Bonchev–Trinajstić information content (AvgIpc) is 3.41. The van der Waals surface area contributed by atoms with Crippen LogP contribution in [0, 0.1) is 5.41 Å². The summed E-state index contributed by atoms with van der Waals surface area (Å²) in [6.45, 7) is 1.77. The fourth-order valence-corrected chi connectivity index (χ4v) is 6.14. The second kappa shape index (κ2) is 8.15. The Kier molecular flexibility index (Phi) is 5.21. The van der Waals surface area contributed by atoms with Crippen LogP contribution in [0.4, 0.5) is 5.82 Å². The van der Waals surface area contributed by atoms with Crippen molar-refractivity contribution in [1.82, 2.24) is 14.4 Å². The smallest absolute Gasteiger partial charge is 0.154 e. The van der Waals surface area contributed by atoms with Gasteiger partial charge in [0.15, 0.2) is 5.82 Å². The number of rotatable bonds is 3. The number of halogens is 2. The number of methoxy groups -OCH3 is 1. The van der Waals surface area contributed by atoms with Crippen LogP contribution >= 0.6 is 23.2 Å². The lowest BCUT2D eigenvalue weighted by Crippen LogP contribution is -2.44. The van der Waals surface area contributed by atoms with E-state index in [0.717, 1.165) is 60.8 Å². The van der Waals surface area contributed by atoms with E-state index in [1.165, 1.54) is 11.1 Å². The van der Waals surface area contributed by atoms with Gasteiger partial charge in [-0.1, -0.05) is 41.4 Å². The Bertz CT molecular complexity index is 1390. The summed E-state index contributed by atoms with van der Waals surface area (Å²) in [5.74, 6) is 2.58. The molecule has 6 rings (SSSR count). The highest BCUT2D eigenvalue weighted by Gasteiger charge is 2.47. The molecule has 1 spiro atoms. The van der Waals surface area contributed by atoms with Crippen molar-refractivity contribution in [3.63, 3.8) is 0 Å². The van der Waals surface area contributed by atoms with E-state index in [1.54, 1.807) is 13.2 Å². The second-order valence-corrected chi connectivity index (χ2v) is 10.0. The van der Waals surface area contributed by atoms with Gasteiger partial charge in [0, 0.05) is 42.7 Å². The molecule has 2 aliphatic rings. The largest absolute Gasteiger partial charge is 0.496 e. The quantitative estimate of drug-likeness (QED) is 0.404. The third-order valence-electron chi connectivity index (χ3n) is 7.58. The van der Waals surface area contributed by atoms with E-state index >= 15 is 0 Å². The Morgan fingerprint density at radius 2 is 1.88 bits per heavy atom. The third-order valence-corrected chi connectivity index (χ3v) is 8.40. The van der Waals surface area contributed by atoms with Crippen LogP contribution in [-0.4, -0.2) is 34.6 Å². The highest BCUT2D eigenvalue weighted by molar-refractivity contribution is 6.43. The molecule has 1 atom stereocenters. The van der Waals surface area contributed by atoms with Crippen molar-refractivity contribution in [2.24, 2.45) is 11.1 Å². The van der Waals surface area contributed by atoms with Gasteiger partial charge < -0.3 is 15.4 Å². The maximum atomic E-state index is 6.85. The van der Waals surface area contributed by atoms with E-state index in [9.17, 15) is 0 Å². The SMILES string of the molecule is COc1cccc2c1C(N)C1(CCN(c3nccn4c(-c5cccc(Cl)c5Cl)ncc34)CC1)C2. The van der Waals surface area contributed by atoms with Crippen LogP contribution in [0.2, 0.25) is 10.0 Å². The molecule has 2 N–H and O–H groups in total. The zero-order chi connectivity index (χ0) is 23.4. The van der Waals surface area contributed by atoms with E-state index < -0.39 is 0 Å². The standard InChI is InChI=1S/C26H25Cl2N5O/c1-34-20-7-2-4-16-14-26(23(29)21(16)20)8-11-32(12-9-26)25-19-15-31-24(33(19)13-10-30-25)17-5-3-6-18(27)22(17)28/h2-7,10,13,15,23H,8-9,11-12,14,29H2,1H3. The predicted molar refractivity (Wildman–Crippen MR) is 136 cm³/mol. The van der Waals surface area contributed by atoms with Gasteiger partial charge in [0.25, 0.3) is 0 Å². The number of imidazole rings is 1. The molecule has 1 aliphatic heterocycles. The van der Waals surface area contributed by atoms with E-state index in [1.807, 2.05) is 41.2 Å². The number of benzene rings is 2. The molecule has 0 radical (unpaired) electrons. The van der Waals surface area contributed by atoms with Gasteiger partial charge in [0.1, 0.15) is 17.1 Å². The van der Waals surface area contributed by atoms with Gasteiger partial charge >= 0.3 is 0 Å². The summed E-state index contributed by atoms with van der Waals surface area (Å²) >= 11 is 12.7. The van der Waals surface area contributed by atoms with Crippen molar-refractivity contribution in [1.29, 1.82) is 0 Å². The second-order valence-electron chi connectivity index (χ2n) is 9.23. The number of nitrogens with two attached hydrogens (primary N) is 1. The lowest BCUT2D eigenvalue weighted by Gasteiger charge is -2.42. The molecule has 34 heavy (non-hydrogen) atoms. The van der Waals surface area contributed by atoms with Gasteiger partial charge in [-0.25, -0.2) is 9.97 Å². The molecule has 174 valence electrons. The van der Waals surface area contributed by atoms with Crippen LogP contribution in [0.25, 0.3) is 16.9 Å². The van der Waals surface area contributed by atoms with Crippen LogP contribution < -0.4 is 15.4 Å². The molecule has 1 saturated heterocycles. The van der Waals surface area contributed by atoms with Crippen molar-refractivity contribution < 1.29 is 4.74 Å². The molecule has 0 saturated carbocycles. The molecule has 3 heterocycles. The molecule has 4 aromatic rings. The van der Waals surface area contributed by atoms with Crippen molar-refractivity contribution >= 4 is 34.5 Å². The number of hydrogen-bond donors (Lipinski definition) is 1. The summed E-state index contributed by atoms with van der Waals surface area (Å²) in [4.78, 5) is 11.8. The molecule has 1 aliphatic carbocycles. The molecule has 1 fully saturated rings. The van der Waals surface area contributed by atoms with E-state index in [2.05, 4.69) is 22.0 Å². The lowest BCUT2D eigenvalue weighted by atomic mass is 9.73. The lowest BCUT2D eigenvalue weighted by molar-refractivity contribution is 0.186. The number of anilines is 1. The Labute approximate surface area is 208 Å². The molecule has 1 unspecified atom stereocenters. The number of piperidine rings is 1. The van der Waals surface area contributed by atoms with Crippen molar-refractivity contribution in [2.45, 2.75) is 25.3 Å². The van der Waals surface area contributed by atoms with Crippen molar-refractivity contribution in [3.05, 3.63) is 76.2 Å². The Morgan fingerprint density at radius 3 is 2.68 bits per heavy atom. The highest BCUT2D eigenvalue weighted by Crippen LogP contribution is 2.53. The van der Waals surface area contributed by atoms with Crippen LogP contribution in [0.5, 0.6) is 5.75 Å². The van der Waals surface area contributed by atoms with E-state index in [0.29, 0.717) is 10.0 Å². The van der Waals surface area contributed by atoms with Crippen LogP contribution in [0.1, 0.15) is 30.0 Å². The normalized spacial score (nSPS) is 19.1. The summed E-state index contributed by atoms with van der Waals surface area (Å²) in [5.41, 5.74) is 11.1. The first-order chi connectivity index (χ1) is 16.5. The maximum Gasteiger partial charge on any atom is 0.154 e. The fourth-order valence-electron chi connectivity index (χ4n) is 5.76. The van der Waals surface area contributed by atoms with Crippen molar-refractivity contribution in [3.8, 4) is 17.1 Å². The van der Waals surface area contributed by atoms with Gasteiger partial charge in [0.05, 0.1) is 23.4 Å². The van der Waals surface area contributed by atoms with Gasteiger partial charge in [-0.15, -0.1) is 0 Å². The number of hydrogen-bond acceptors (Lipinski definition) is 5. The zero-order valence-corrected chi connectivity index (χ0v) is 20.4. The van der Waals surface area contributed by atoms with Crippen molar-refractivity contribution in [2.75, 3.05) is 25.1 Å². The minimum absolute atomic E-state index is 0.0175. The maximum absolute atomic E-state index is 6.85. The third kappa shape index (κ3) is 3.20. The monoisotopic (exact) mass is 493 g/mol.